The summed E-state index contributed by atoms with van der Waals surface area (Å²) in [5.41, 5.74) is 5.89. The van der Waals surface area contributed by atoms with E-state index in [0.29, 0.717) is 29.6 Å². The second-order valence-electron chi connectivity index (χ2n) is 8.40. The molecular formula is C24H28N4O2. The molecule has 1 aromatic carbocycles. The molecule has 1 aromatic heterocycles. The van der Waals surface area contributed by atoms with Crippen molar-refractivity contribution in [3.05, 3.63) is 58.9 Å². The van der Waals surface area contributed by atoms with Gasteiger partial charge in [-0.3, -0.25) is 10.2 Å². The summed E-state index contributed by atoms with van der Waals surface area (Å²) in [5.74, 6) is 1.55. The summed E-state index contributed by atoms with van der Waals surface area (Å²) in [6.45, 7) is 6.63. The molecule has 2 heterocycles. The van der Waals surface area contributed by atoms with E-state index >= 15 is 0 Å². The summed E-state index contributed by atoms with van der Waals surface area (Å²) in [4.78, 5) is 21.6. The molecule has 0 radical (unpaired) electrons. The van der Waals surface area contributed by atoms with Crippen molar-refractivity contribution in [2.75, 3.05) is 32.6 Å². The fourth-order valence-corrected chi connectivity index (χ4v) is 3.91. The number of aromatic nitrogens is 1. The number of fused-ring (bicyclic) bond motifs is 1. The number of pyridine rings is 1. The Morgan fingerprint density at radius 2 is 2.07 bits per heavy atom. The van der Waals surface area contributed by atoms with Crippen LogP contribution >= 0.6 is 0 Å². The Balaban J connectivity index is 1.59. The van der Waals surface area contributed by atoms with Gasteiger partial charge in [0.1, 0.15) is 17.3 Å². The van der Waals surface area contributed by atoms with Gasteiger partial charge in [-0.05, 0) is 43.5 Å². The van der Waals surface area contributed by atoms with Crippen molar-refractivity contribution in [2.24, 2.45) is 0 Å². The minimum absolute atomic E-state index is 0.0387. The van der Waals surface area contributed by atoms with Gasteiger partial charge in [0.2, 0.25) is 0 Å². The minimum Gasteiger partial charge on any atom is -0.494 e. The molecule has 0 saturated heterocycles. The Labute approximate surface area is 177 Å². The molecule has 30 heavy (non-hydrogen) atoms. The van der Waals surface area contributed by atoms with Gasteiger partial charge in [0.15, 0.2) is 5.78 Å². The maximum absolute atomic E-state index is 13.2. The zero-order valence-corrected chi connectivity index (χ0v) is 18.1. The molecule has 2 aliphatic rings. The van der Waals surface area contributed by atoms with Gasteiger partial charge in [0.05, 0.1) is 19.3 Å². The van der Waals surface area contributed by atoms with Crippen molar-refractivity contribution in [2.45, 2.75) is 32.2 Å². The first-order valence-electron chi connectivity index (χ1n) is 10.2. The number of hydrogen-bond acceptors (Lipinski definition) is 5. The van der Waals surface area contributed by atoms with E-state index in [1.54, 1.807) is 12.0 Å². The largest absolute Gasteiger partial charge is 0.494 e. The number of nitrogens with zero attached hydrogens (tertiary/aromatic N) is 3. The van der Waals surface area contributed by atoms with Crippen LogP contribution in [0.15, 0.2) is 30.8 Å². The molecular weight excluding hydrogens is 376 g/mol. The number of ether oxygens (including phenoxy) is 1. The molecule has 6 nitrogen and oxygen atoms in total. The monoisotopic (exact) mass is 404 g/mol. The minimum atomic E-state index is -0.0387. The summed E-state index contributed by atoms with van der Waals surface area (Å²) in [5, 5.41) is 8.56. The van der Waals surface area contributed by atoms with Crippen LogP contribution in [0.4, 0.5) is 5.69 Å². The normalized spacial score (nSPS) is 15.2. The first kappa shape index (κ1) is 20.1. The van der Waals surface area contributed by atoms with Crippen molar-refractivity contribution in [1.82, 2.24) is 9.88 Å². The number of hydrogen-bond donors (Lipinski definition) is 1. The molecule has 156 valence electrons. The molecule has 1 aliphatic carbocycles. The van der Waals surface area contributed by atoms with Gasteiger partial charge in [-0.15, -0.1) is 0 Å². The van der Waals surface area contributed by atoms with E-state index in [9.17, 15) is 4.79 Å². The second-order valence-corrected chi connectivity index (χ2v) is 8.40. The van der Waals surface area contributed by atoms with Crippen LogP contribution in [-0.2, 0) is 6.54 Å². The molecule has 0 bridgehead atoms. The van der Waals surface area contributed by atoms with Crippen molar-refractivity contribution in [1.29, 1.82) is 5.41 Å². The predicted octanol–water partition coefficient (Wildman–Crippen LogP) is 4.09. The third kappa shape index (κ3) is 3.58. The Bertz CT molecular complexity index is 1050. The Morgan fingerprint density at radius 1 is 1.33 bits per heavy atom. The number of Topliss-reactive ketones (excluding diaryl/α,β-unsaturated/α-hetero) is 1. The fourth-order valence-electron chi connectivity index (χ4n) is 3.91. The predicted molar refractivity (Wildman–Crippen MR) is 120 cm³/mol. The zero-order chi connectivity index (χ0) is 21.6. The van der Waals surface area contributed by atoms with Gasteiger partial charge in [-0.1, -0.05) is 12.6 Å². The van der Waals surface area contributed by atoms with Crippen molar-refractivity contribution in [3.8, 4) is 5.75 Å². The third-order valence-electron chi connectivity index (χ3n) is 5.77. The van der Waals surface area contributed by atoms with Crippen LogP contribution in [0, 0.1) is 5.41 Å². The maximum Gasteiger partial charge on any atom is 0.182 e. The van der Waals surface area contributed by atoms with E-state index in [-0.39, 0.29) is 12.3 Å². The van der Waals surface area contributed by atoms with E-state index < -0.39 is 0 Å². The fraction of sp³-hybridized carbons (Fsp3) is 0.375. The van der Waals surface area contributed by atoms with Crippen LogP contribution in [0.3, 0.4) is 0 Å². The highest BCUT2D eigenvalue weighted by Gasteiger charge is 2.31. The first-order chi connectivity index (χ1) is 14.3. The van der Waals surface area contributed by atoms with Crippen LogP contribution in [0.1, 0.15) is 58.6 Å². The SMILES string of the molecule is C=C(C)c1cc(C(=O)CN2Cc3ccc(C4CC4)nc3C2=N)cc(N(C)C)c1OC. The van der Waals surface area contributed by atoms with E-state index in [4.69, 9.17) is 15.1 Å². The molecule has 1 fully saturated rings. The lowest BCUT2D eigenvalue weighted by atomic mass is 9.99. The zero-order valence-electron chi connectivity index (χ0n) is 18.1. The highest BCUT2D eigenvalue weighted by molar-refractivity contribution is 6.05. The lowest BCUT2D eigenvalue weighted by molar-refractivity contribution is 0.0962. The molecule has 2 aromatic rings. The number of allylic oxidation sites excluding steroid dienone is 1. The number of nitrogens with one attached hydrogen (secondary N) is 1. The lowest BCUT2D eigenvalue weighted by Crippen LogP contribution is -2.30. The molecule has 1 aliphatic heterocycles. The summed E-state index contributed by atoms with van der Waals surface area (Å²) >= 11 is 0. The summed E-state index contributed by atoms with van der Waals surface area (Å²) in [6, 6.07) is 7.82. The molecule has 0 atom stereocenters. The Hall–Kier alpha value is -3.15. The van der Waals surface area contributed by atoms with E-state index in [1.807, 2.05) is 38.1 Å². The van der Waals surface area contributed by atoms with Gasteiger partial charge < -0.3 is 14.5 Å². The van der Waals surface area contributed by atoms with Crippen LogP contribution in [0.25, 0.3) is 5.57 Å². The first-order valence-corrected chi connectivity index (χ1v) is 10.2. The quantitative estimate of drug-likeness (QED) is 0.704. The standard InChI is InChI=1S/C24H28N4O2/c1-14(2)18-10-17(11-20(27(3)4)23(18)30-5)21(29)13-28-12-16-8-9-19(15-6-7-15)26-22(16)24(28)25/h8-11,15,25H,1,6-7,12-13H2,2-5H3. The number of carbonyl (C=O) groups is 1. The smallest absolute Gasteiger partial charge is 0.182 e. The van der Waals surface area contributed by atoms with Crippen molar-refractivity contribution >= 4 is 22.9 Å². The number of amidine groups is 1. The number of ketones is 1. The number of rotatable bonds is 7. The summed E-state index contributed by atoms with van der Waals surface area (Å²) < 4.78 is 5.60. The highest BCUT2D eigenvalue weighted by Crippen LogP contribution is 2.40. The number of carbonyl (C=O) groups excluding carboxylic acids is 1. The number of methoxy groups -OCH3 is 1. The lowest BCUT2D eigenvalue weighted by Gasteiger charge is -2.22. The van der Waals surface area contributed by atoms with Crippen LogP contribution < -0.4 is 9.64 Å². The summed E-state index contributed by atoms with van der Waals surface area (Å²) in [7, 11) is 5.47. The topological polar surface area (TPSA) is 69.5 Å². The molecule has 0 spiro atoms. The third-order valence-corrected chi connectivity index (χ3v) is 5.77. The van der Waals surface area contributed by atoms with Gasteiger partial charge in [-0.25, -0.2) is 4.98 Å². The average molecular weight is 405 g/mol. The maximum atomic E-state index is 13.2. The Morgan fingerprint density at radius 3 is 2.67 bits per heavy atom. The molecule has 0 amide bonds. The van der Waals surface area contributed by atoms with Gasteiger partial charge in [0.25, 0.3) is 0 Å². The molecule has 4 rings (SSSR count). The van der Waals surface area contributed by atoms with Gasteiger partial charge in [0, 0.05) is 48.9 Å². The highest BCUT2D eigenvalue weighted by atomic mass is 16.5. The van der Waals surface area contributed by atoms with Crippen molar-refractivity contribution in [3.63, 3.8) is 0 Å². The molecule has 1 N–H and O–H groups in total. The molecule has 1 saturated carbocycles. The second kappa shape index (κ2) is 7.59. The van der Waals surface area contributed by atoms with Crippen LogP contribution in [0.2, 0.25) is 0 Å². The molecule has 6 heteroatoms. The Kier molecular flexibility index (Phi) is 5.10. The summed E-state index contributed by atoms with van der Waals surface area (Å²) in [6.07, 6.45) is 2.36. The van der Waals surface area contributed by atoms with E-state index in [1.165, 1.54) is 12.8 Å². The van der Waals surface area contributed by atoms with Crippen LogP contribution in [-0.4, -0.2) is 49.3 Å². The number of benzene rings is 1. The van der Waals surface area contributed by atoms with E-state index in [2.05, 4.69) is 18.7 Å². The molecule has 0 unspecified atom stereocenters. The van der Waals surface area contributed by atoms with E-state index in [0.717, 1.165) is 33.8 Å². The van der Waals surface area contributed by atoms with Crippen LogP contribution in [0.5, 0.6) is 5.75 Å². The van der Waals surface area contributed by atoms with Gasteiger partial charge in [-0.2, -0.15) is 0 Å². The average Bonchev–Trinajstić information content (AvgIpc) is 3.52. The number of anilines is 1. The van der Waals surface area contributed by atoms with Crippen molar-refractivity contribution < 1.29 is 9.53 Å². The van der Waals surface area contributed by atoms with Gasteiger partial charge >= 0.3 is 0 Å².